The molecule has 1 aliphatic carbocycles. The summed E-state index contributed by atoms with van der Waals surface area (Å²) in [6.07, 6.45) is 2.99. The normalized spacial score (nSPS) is 17.0. The zero-order chi connectivity index (χ0) is 20.2. The fraction of sp³-hybridized carbons (Fsp3) is 0.455. The van der Waals surface area contributed by atoms with Crippen LogP contribution in [0.1, 0.15) is 28.1 Å². The molecule has 1 aromatic carbocycles. The Morgan fingerprint density at radius 3 is 2.48 bits per heavy atom. The molecule has 5 nitrogen and oxygen atoms in total. The number of piperazine rings is 1. The van der Waals surface area contributed by atoms with Gasteiger partial charge in [-0.3, -0.25) is 14.5 Å². The average Bonchev–Trinajstić information content (AvgIpc) is 3.44. The van der Waals surface area contributed by atoms with Crippen molar-refractivity contribution in [2.45, 2.75) is 25.3 Å². The third kappa shape index (κ3) is 5.22. The molecule has 2 fully saturated rings. The van der Waals surface area contributed by atoms with Crippen LogP contribution in [0.3, 0.4) is 0 Å². The van der Waals surface area contributed by atoms with Crippen LogP contribution in [0.5, 0.6) is 0 Å². The molecule has 7 heteroatoms. The number of thiophene rings is 1. The molecule has 2 heterocycles. The first-order valence-corrected chi connectivity index (χ1v) is 11.1. The molecule has 0 spiro atoms. The Morgan fingerprint density at radius 1 is 1.07 bits per heavy atom. The van der Waals surface area contributed by atoms with Crippen molar-refractivity contribution in [3.8, 4) is 0 Å². The summed E-state index contributed by atoms with van der Waals surface area (Å²) in [5, 5.41) is 1.91. The minimum Gasteiger partial charge on any atom is -0.338 e. The molecule has 0 bridgehead atoms. The zero-order valence-corrected chi connectivity index (χ0v) is 17.2. The molecule has 2 aliphatic rings. The standard InChI is InChI=1S/C22H26FN3O2S/c23-18-4-1-3-17(15-18)8-9-26(19-6-7-19)16-21(27)24-10-12-25(13-11-24)22(28)20-5-2-14-29-20/h1-5,14-15,19H,6-13,16H2. The number of nitrogens with zero attached hydrogens (tertiary/aromatic N) is 3. The Balaban J connectivity index is 1.27. The Labute approximate surface area is 174 Å². The predicted molar refractivity (Wildman–Crippen MR) is 112 cm³/mol. The lowest BCUT2D eigenvalue weighted by atomic mass is 10.1. The highest BCUT2D eigenvalue weighted by Crippen LogP contribution is 2.27. The van der Waals surface area contributed by atoms with E-state index in [2.05, 4.69) is 4.90 Å². The molecule has 0 unspecified atom stereocenters. The molecular formula is C22H26FN3O2S. The minimum atomic E-state index is -0.216. The van der Waals surface area contributed by atoms with Crippen molar-refractivity contribution in [1.82, 2.24) is 14.7 Å². The van der Waals surface area contributed by atoms with Gasteiger partial charge < -0.3 is 9.80 Å². The van der Waals surface area contributed by atoms with Crippen LogP contribution in [-0.2, 0) is 11.2 Å². The van der Waals surface area contributed by atoms with Crippen LogP contribution >= 0.6 is 11.3 Å². The van der Waals surface area contributed by atoms with E-state index in [0.717, 1.165) is 36.2 Å². The fourth-order valence-corrected chi connectivity index (χ4v) is 4.48. The summed E-state index contributed by atoms with van der Waals surface area (Å²) in [7, 11) is 0. The molecule has 0 radical (unpaired) electrons. The molecule has 2 amide bonds. The lowest BCUT2D eigenvalue weighted by Crippen LogP contribution is -2.52. The molecule has 0 N–H and O–H groups in total. The molecule has 29 heavy (non-hydrogen) atoms. The first-order chi connectivity index (χ1) is 14.1. The van der Waals surface area contributed by atoms with E-state index in [1.54, 1.807) is 12.1 Å². The first-order valence-electron chi connectivity index (χ1n) is 10.2. The monoisotopic (exact) mass is 415 g/mol. The van der Waals surface area contributed by atoms with E-state index in [1.807, 2.05) is 33.4 Å². The number of amides is 2. The van der Waals surface area contributed by atoms with E-state index in [0.29, 0.717) is 38.8 Å². The van der Waals surface area contributed by atoms with E-state index < -0.39 is 0 Å². The van der Waals surface area contributed by atoms with Gasteiger partial charge in [-0.2, -0.15) is 0 Å². The smallest absolute Gasteiger partial charge is 0.264 e. The predicted octanol–water partition coefficient (Wildman–Crippen LogP) is 2.88. The van der Waals surface area contributed by atoms with Crippen molar-refractivity contribution >= 4 is 23.2 Å². The van der Waals surface area contributed by atoms with Crippen molar-refractivity contribution in [3.63, 3.8) is 0 Å². The summed E-state index contributed by atoms with van der Waals surface area (Å²) in [6, 6.07) is 10.9. The minimum absolute atomic E-state index is 0.0572. The lowest BCUT2D eigenvalue weighted by Gasteiger charge is -2.35. The second kappa shape index (κ2) is 9.05. The van der Waals surface area contributed by atoms with Crippen LogP contribution in [0, 0.1) is 5.82 Å². The van der Waals surface area contributed by atoms with Crippen molar-refractivity contribution in [2.24, 2.45) is 0 Å². The first kappa shape index (κ1) is 20.0. The molecule has 1 saturated heterocycles. The number of halogens is 1. The summed E-state index contributed by atoms with van der Waals surface area (Å²) in [4.78, 5) is 32.0. The Kier molecular flexibility index (Phi) is 6.25. The topological polar surface area (TPSA) is 43.9 Å². The summed E-state index contributed by atoms with van der Waals surface area (Å²) >= 11 is 1.45. The molecule has 0 atom stereocenters. The lowest BCUT2D eigenvalue weighted by molar-refractivity contribution is -0.134. The number of hydrogen-bond acceptors (Lipinski definition) is 4. The summed E-state index contributed by atoms with van der Waals surface area (Å²) in [6.45, 7) is 3.48. The van der Waals surface area contributed by atoms with Gasteiger partial charge in [0.05, 0.1) is 11.4 Å². The van der Waals surface area contributed by atoms with Crippen LogP contribution in [-0.4, -0.2) is 71.8 Å². The maximum Gasteiger partial charge on any atom is 0.264 e. The molecule has 1 aliphatic heterocycles. The van der Waals surface area contributed by atoms with Gasteiger partial charge in [-0.25, -0.2) is 4.39 Å². The van der Waals surface area contributed by atoms with Crippen molar-refractivity contribution in [2.75, 3.05) is 39.3 Å². The van der Waals surface area contributed by atoms with Gasteiger partial charge >= 0.3 is 0 Å². The van der Waals surface area contributed by atoms with Crippen molar-refractivity contribution in [3.05, 3.63) is 58.0 Å². The second-order valence-electron chi connectivity index (χ2n) is 7.73. The van der Waals surface area contributed by atoms with E-state index in [9.17, 15) is 14.0 Å². The largest absolute Gasteiger partial charge is 0.338 e. The number of rotatable bonds is 7. The average molecular weight is 416 g/mol. The van der Waals surface area contributed by atoms with Gasteiger partial charge in [-0.15, -0.1) is 11.3 Å². The number of benzene rings is 1. The van der Waals surface area contributed by atoms with E-state index >= 15 is 0 Å². The van der Waals surface area contributed by atoms with Crippen molar-refractivity contribution in [1.29, 1.82) is 0 Å². The molecular weight excluding hydrogens is 389 g/mol. The van der Waals surface area contributed by atoms with Gasteiger partial charge in [0.2, 0.25) is 5.91 Å². The Hall–Kier alpha value is -2.25. The fourth-order valence-electron chi connectivity index (χ4n) is 3.78. The molecule has 2 aromatic rings. The highest BCUT2D eigenvalue weighted by Gasteiger charge is 2.32. The van der Waals surface area contributed by atoms with Gasteiger partial charge in [0.25, 0.3) is 5.91 Å². The molecule has 1 aromatic heterocycles. The molecule has 1 saturated carbocycles. The van der Waals surface area contributed by atoms with E-state index in [-0.39, 0.29) is 17.6 Å². The highest BCUT2D eigenvalue weighted by molar-refractivity contribution is 7.12. The zero-order valence-electron chi connectivity index (χ0n) is 16.4. The van der Waals surface area contributed by atoms with Crippen LogP contribution in [0.4, 0.5) is 4.39 Å². The van der Waals surface area contributed by atoms with Gasteiger partial charge in [0.15, 0.2) is 0 Å². The maximum atomic E-state index is 13.4. The van der Waals surface area contributed by atoms with Crippen molar-refractivity contribution < 1.29 is 14.0 Å². The van der Waals surface area contributed by atoms with Crippen LogP contribution in [0.25, 0.3) is 0 Å². The van der Waals surface area contributed by atoms with E-state index in [1.165, 1.54) is 17.4 Å². The SMILES string of the molecule is O=C(CN(CCc1cccc(F)c1)C1CC1)N1CCN(C(=O)c2cccs2)CC1. The van der Waals surface area contributed by atoms with Gasteiger partial charge in [0, 0.05) is 38.8 Å². The van der Waals surface area contributed by atoms with Crippen LogP contribution < -0.4 is 0 Å². The number of carbonyl (C=O) groups is 2. The molecule has 154 valence electrons. The Bertz CT molecular complexity index is 846. The highest BCUT2D eigenvalue weighted by atomic mass is 32.1. The summed E-state index contributed by atoms with van der Waals surface area (Å²) in [5.41, 5.74) is 0.962. The third-order valence-corrected chi connectivity index (χ3v) is 6.49. The third-order valence-electron chi connectivity index (χ3n) is 5.63. The van der Waals surface area contributed by atoms with Crippen LogP contribution in [0.2, 0.25) is 0 Å². The maximum absolute atomic E-state index is 13.4. The van der Waals surface area contributed by atoms with Gasteiger partial charge in [-0.1, -0.05) is 18.2 Å². The van der Waals surface area contributed by atoms with Crippen LogP contribution in [0.15, 0.2) is 41.8 Å². The van der Waals surface area contributed by atoms with Gasteiger partial charge in [-0.05, 0) is 48.4 Å². The summed E-state index contributed by atoms with van der Waals surface area (Å²) < 4.78 is 13.4. The summed E-state index contributed by atoms with van der Waals surface area (Å²) in [5.74, 6) is -0.0346. The van der Waals surface area contributed by atoms with Gasteiger partial charge in [0.1, 0.15) is 5.82 Å². The molecule has 4 rings (SSSR count). The Morgan fingerprint density at radius 2 is 1.83 bits per heavy atom. The quantitative estimate of drug-likeness (QED) is 0.699. The number of carbonyl (C=O) groups excluding carboxylic acids is 2. The number of hydrogen-bond donors (Lipinski definition) is 0. The second-order valence-corrected chi connectivity index (χ2v) is 8.68. The van der Waals surface area contributed by atoms with E-state index in [4.69, 9.17) is 0 Å².